The second kappa shape index (κ2) is 3.37. The van der Waals surface area contributed by atoms with Crippen LogP contribution in [0.25, 0.3) is 0 Å². The number of alkyl halides is 1. The van der Waals surface area contributed by atoms with Gasteiger partial charge >= 0.3 is 0 Å². The van der Waals surface area contributed by atoms with Crippen molar-refractivity contribution in [1.29, 1.82) is 0 Å². The van der Waals surface area contributed by atoms with Gasteiger partial charge in [-0.2, -0.15) is 0 Å². The molecule has 14 heavy (non-hydrogen) atoms. The molecule has 3 heteroatoms. The highest BCUT2D eigenvalue weighted by molar-refractivity contribution is 5.17. The Balaban J connectivity index is 3.00. The Hall–Kier alpha value is -0.860. The quantitative estimate of drug-likeness (QED) is 0.743. The molecule has 0 amide bonds. The second-order valence-corrected chi connectivity index (χ2v) is 4.79. The molecule has 80 valence electrons. The summed E-state index contributed by atoms with van der Waals surface area (Å²) in [5.41, 5.74) is -1.13. The third-order valence-electron chi connectivity index (χ3n) is 2.67. The molecule has 0 saturated carbocycles. The summed E-state index contributed by atoms with van der Waals surface area (Å²) >= 11 is 0. The van der Waals surface area contributed by atoms with Gasteiger partial charge in [0.2, 0.25) is 0 Å². The normalized spacial score (nSPS) is 13.3. The Morgan fingerprint density at radius 2 is 1.93 bits per heavy atom. The van der Waals surface area contributed by atoms with Crippen LogP contribution in [0.4, 0.5) is 4.39 Å². The number of hydrogen-bond acceptors (Lipinski definition) is 2. The molecular formula is C11H18FNO. The number of nitrogens with zero attached hydrogens (tertiary/aromatic N) is 1. The molecule has 0 aliphatic heterocycles. The van der Waals surface area contributed by atoms with Crippen molar-refractivity contribution in [3.8, 4) is 0 Å². The van der Waals surface area contributed by atoms with E-state index in [-0.39, 0.29) is 5.41 Å². The summed E-state index contributed by atoms with van der Waals surface area (Å²) in [6.45, 7) is 9.15. The van der Waals surface area contributed by atoms with Gasteiger partial charge in [0.05, 0.1) is 0 Å². The van der Waals surface area contributed by atoms with Gasteiger partial charge in [0.15, 0.2) is 5.67 Å². The Labute approximate surface area is 84.5 Å². The Morgan fingerprint density at radius 3 is 2.29 bits per heavy atom. The van der Waals surface area contributed by atoms with Gasteiger partial charge in [-0.05, 0) is 20.3 Å². The van der Waals surface area contributed by atoms with Gasteiger partial charge in [0.1, 0.15) is 11.5 Å². The fraction of sp³-hybridized carbons (Fsp3) is 0.727. The first-order valence-electron chi connectivity index (χ1n) is 4.94. The van der Waals surface area contributed by atoms with E-state index in [1.54, 1.807) is 6.07 Å². The van der Waals surface area contributed by atoms with E-state index >= 15 is 0 Å². The monoisotopic (exact) mass is 199 g/mol. The van der Waals surface area contributed by atoms with Crippen molar-refractivity contribution in [2.75, 3.05) is 0 Å². The minimum atomic E-state index is -1.43. The Kier molecular flexibility index (Phi) is 2.70. The van der Waals surface area contributed by atoms with Gasteiger partial charge in [-0.3, -0.25) is 0 Å². The molecule has 0 saturated heterocycles. The van der Waals surface area contributed by atoms with Crippen molar-refractivity contribution in [3.05, 3.63) is 17.5 Å². The SMILES string of the molecule is CCC(C)(C)c1cc(C(C)(C)F)no1. The zero-order valence-electron chi connectivity index (χ0n) is 9.52. The molecule has 1 rings (SSSR count). The van der Waals surface area contributed by atoms with Crippen molar-refractivity contribution in [2.24, 2.45) is 0 Å². The minimum Gasteiger partial charge on any atom is -0.360 e. The summed E-state index contributed by atoms with van der Waals surface area (Å²) in [5.74, 6) is 0.751. The topological polar surface area (TPSA) is 26.0 Å². The van der Waals surface area contributed by atoms with E-state index in [1.165, 1.54) is 13.8 Å². The smallest absolute Gasteiger partial charge is 0.150 e. The van der Waals surface area contributed by atoms with Crippen LogP contribution in [0.2, 0.25) is 0 Å². The average Bonchev–Trinajstić information content (AvgIpc) is 2.51. The van der Waals surface area contributed by atoms with Crippen molar-refractivity contribution in [2.45, 2.75) is 52.1 Å². The van der Waals surface area contributed by atoms with Crippen LogP contribution in [0.3, 0.4) is 0 Å². The molecule has 1 aromatic rings. The molecular weight excluding hydrogens is 181 g/mol. The molecule has 0 aromatic carbocycles. The standard InChI is InChI=1S/C11H18FNO/c1-6-10(2,3)9-7-8(13-14-9)11(4,5)12/h7H,6H2,1-5H3. The lowest BCUT2D eigenvalue weighted by atomic mass is 9.87. The maximum atomic E-state index is 13.5. The van der Waals surface area contributed by atoms with Gasteiger partial charge in [-0.1, -0.05) is 25.9 Å². The third kappa shape index (κ3) is 2.14. The molecule has 2 nitrogen and oxygen atoms in total. The van der Waals surface area contributed by atoms with E-state index in [4.69, 9.17) is 4.52 Å². The van der Waals surface area contributed by atoms with Gasteiger partial charge in [-0.15, -0.1) is 0 Å². The van der Waals surface area contributed by atoms with Gasteiger partial charge in [0.25, 0.3) is 0 Å². The lowest BCUT2D eigenvalue weighted by Crippen LogP contribution is -2.14. The number of hydrogen-bond donors (Lipinski definition) is 0. The van der Waals surface area contributed by atoms with Crippen molar-refractivity contribution in [1.82, 2.24) is 5.16 Å². The van der Waals surface area contributed by atoms with E-state index in [2.05, 4.69) is 25.9 Å². The van der Waals surface area contributed by atoms with Crippen molar-refractivity contribution < 1.29 is 8.91 Å². The van der Waals surface area contributed by atoms with E-state index in [0.29, 0.717) is 5.69 Å². The van der Waals surface area contributed by atoms with Crippen LogP contribution >= 0.6 is 0 Å². The summed E-state index contributed by atoms with van der Waals surface area (Å²) in [5, 5.41) is 3.75. The van der Waals surface area contributed by atoms with Crippen LogP contribution in [0.5, 0.6) is 0 Å². The largest absolute Gasteiger partial charge is 0.360 e. The van der Waals surface area contributed by atoms with Crippen molar-refractivity contribution in [3.63, 3.8) is 0 Å². The van der Waals surface area contributed by atoms with Crippen LogP contribution < -0.4 is 0 Å². The summed E-state index contributed by atoms with van der Waals surface area (Å²) in [6, 6.07) is 1.71. The Bertz CT molecular complexity index is 309. The van der Waals surface area contributed by atoms with Crippen LogP contribution in [0.1, 0.15) is 52.5 Å². The molecule has 0 N–H and O–H groups in total. The molecule has 0 bridgehead atoms. The minimum absolute atomic E-state index is 0.0729. The molecule has 0 spiro atoms. The highest BCUT2D eigenvalue weighted by Crippen LogP contribution is 2.31. The predicted octanol–water partition coefficient (Wildman–Crippen LogP) is 3.57. The molecule has 0 fully saturated rings. The third-order valence-corrected chi connectivity index (χ3v) is 2.67. The average molecular weight is 199 g/mol. The number of aromatic nitrogens is 1. The first-order valence-corrected chi connectivity index (χ1v) is 4.94. The molecule has 0 radical (unpaired) electrons. The van der Waals surface area contributed by atoms with Gasteiger partial charge < -0.3 is 4.52 Å². The lowest BCUT2D eigenvalue weighted by molar-refractivity contribution is 0.202. The lowest BCUT2D eigenvalue weighted by Gasteiger charge is -2.17. The fourth-order valence-corrected chi connectivity index (χ4v) is 1.05. The maximum Gasteiger partial charge on any atom is 0.150 e. The molecule has 1 heterocycles. The van der Waals surface area contributed by atoms with Crippen LogP contribution in [0.15, 0.2) is 10.6 Å². The summed E-state index contributed by atoms with van der Waals surface area (Å²) in [7, 11) is 0. The zero-order valence-corrected chi connectivity index (χ0v) is 9.52. The van der Waals surface area contributed by atoms with Crippen LogP contribution in [0, 0.1) is 0 Å². The van der Waals surface area contributed by atoms with Crippen LogP contribution in [-0.2, 0) is 11.1 Å². The van der Waals surface area contributed by atoms with E-state index in [9.17, 15) is 4.39 Å². The second-order valence-electron chi connectivity index (χ2n) is 4.79. The number of rotatable bonds is 3. The summed E-state index contributed by atoms with van der Waals surface area (Å²) in [4.78, 5) is 0. The van der Waals surface area contributed by atoms with Gasteiger partial charge in [-0.25, -0.2) is 4.39 Å². The first-order chi connectivity index (χ1) is 6.27. The van der Waals surface area contributed by atoms with Crippen molar-refractivity contribution >= 4 is 0 Å². The van der Waals surface area contributed by atoms with Gasteiger partial charge in [0, 0.05) is 11.5 Å². The predicted molar refractivity (Wildman–Crippen MR) is 54.0 cm³/mol. The Morgan fingerprint density at radius 1 is 1.36 bits per heavy atom. The van der Waals surface area contributed by atoms with E-state index in [0.717, 1.165) is 12.2 Å². The maximum absolute atomic E-state index is 13.5. The highest BCUT2D eigenvalue weighted by atomic mass is 19.1. The highest BCUT2D eigenvalue weighted by Gasteiger charge is 2.29. The van der Waals surface area contributed by atoms with E-state index < -0.39 is 5.67 Å². The zero-order chi connectivity index (χ0) is 11.0. The first kappa shape index (κ1) is 11.2. The molecule has 0 atom stereocenters. The van der Waals surface area contributed by atoms with Crippen LogP contribution in [-0.4, -0.2) is 5.16 Å². The molecule has 0 aliphatic rings. The summed E-state index contributed by atoms with van der Waals surface area (Å²) in [6.07, 6.45) is 0.939. The summed E-state index contributed by atoms with van der Waals surface area (Å²) < 4.78 is 18.7. The fourth-order valence-electron chi connectivity index (χ4n) is 1.05. The molecule has 1 aromatic heterocycles. The van der Waals surface area contributed by atoms with E-state index in [1.807, 2.05) is 0 Å². The number of halogens is 1. The molecule has 0 aliphatic carbocycles. The molecule has 0 unspecified atom stereocenters.